The maximum atomic E-state index is 12.1. The molecular formula is C24H25N3O. The number of nitrogens with zero attached hydrogens (tertiary/aromatic N) is 2. The van der Waals surface area contributed by atoms with Gasteiger partial charge < -0.3 is 10.2 Å². The third-order valence-corrected chi connectivity index (χ3v) is 6.09. The molecule has 2 aliphatic rings. The smallest absolute Gasteiger partial charge is 0.252 e. The number of anilines is 1. The van der Waals surface area contributed by atoms with Crippen LogP contribution >= 0.6 is 0 Å². The van der Waals surface area contributed by atoms with Crippen LogP contribution in [0.1, 0.15) is 28.4 Å². The lowest BCUT2D eigenvalue weighted by atomic mass is 10.0. The van der Waals surface area contributed by atoms with E-state index in [0.29, 0.717) is 0 Å². The van der Waals surface area contributed by atoms with Crippen molar-refractivity contribution in [1.82, 2.24) is 10.2 Å². The number of nitrogens with one attached hydrogen (secondary N) is 1. The number of hydrogen-bond acceptors (Lipinski definition) is 3. The van der Waals surface area contributed by atoms with E-state index in [1.165, 1.54) is 16.5 Å². The van der Waals surface area contributed by atoms with E-state index in [2.05, 4.69) is 63.6 Å². The molecular weight excluding hydrogens is 346 g/mol. The molecule has 1 fully saturated rings. The van der Waals surface area contributed by atoms with Gasteiger partial charge >= 0.3 is 0 Å². The van der Waals surface area contributed by atoms with Crippen LogP contribution in [0.2, 0.25) is 0 Å². The third-order valence-electron chi connectivity index (χ3n) is 6.09. The Bertz CT molecular complexity index is 1010. The van der Waals surface area contributed by atoms with Gasteiger partial charge in [0.2, 0.25) is 0 Å². The van der Waals surface area contributed by atoms with Crippen LogP contribution in [0.3, 0.4) is 0 Å². The summed E-state index contributed by atoms with van der Waals surface area (Å²) in [5.74, 6) is 0.0710. The summed E-state index contributed by atoms with van der Waals surface area (Å²) in [6, 6.07) is 23.4. The molecule has 0 spiro atoms. The van der Waals surface area contributed by atoms with Crippen molar-refractivity contribution in [3.63, 3.8) is 0 Å². The van der Waals surface area contributed by atoms with Crippen LogP contribution in [-0.2, 0) is 0 Å². The van der Waals surface area contributed by atoms with Crippen LogP contribution in [0.15, 0.2) is 66.7 Å². The number of hydrogen-bond donors (Lipinski definition) is 1. The summed E-state index contributed by atoms with van der Waals surface area (Å²) < 4.78 is 0. The summed E-state index contributed by atoms with van der Waals surface area (Å²) in [7, 11) is 0. The first-order valence-electron chi connectivity index (χ1n) is 10.1. The predicted molar refractivity (Wildman–Crippen MR) is 114 cm³/mol. The largest absolute Gasteiger partial charge is 0.369 e. The predicted octanol–water partition coefficient (Wildman–Crippen LogP) is 3.84. The highest BCUT2D eigenvalue weighted by Crippen LogP contribution is 2.28. The van der Waals surface area contributed by atoms with Gasteiger partial charge in [0.05, 0.1) is 6.04 Å². The summed E-state index contributed by atoms with van der Waals surface area (Å²) in [6.45, 7) is 5.24. The van der Waals surface area contributed by atoms with E-state index >= 15 is 0 Å². The summed E-state index contributed by atoms with van der Waals surface area (Å²) >= 11 is 0. The number of rotatable bonds is 4. The minimum atomic E-state index is 0.0710. The van der Waals surface area contributed by atoms with Crippen LogP contribution < -0.4 is 10.2 Å². The van der Waals surface area contributed by atoms with Gasteiger partial charge in [-0.05, 0) is 41.0 Å². The fourth-order valence-electron chi connectivity index (χ4n) is 4.46. The average molecular weight is 371 g/mol. The molecule has 3 aromatic rings. The van der Waals surface area contributed by atoms with Crippen molar-refractivity contribution < 1.29 is 4.79 Å². The maximum Gasteiger partial charge on any atom is 0.252 e. The fraction of sp³-hybridized carbons (Fsp3) is 0.292. The van der Waals surface area contributed by atoms with Crippen LogP contribution in [0, 0.1) is 0 Å². The molecule has 2 aliphatic heterocycles. The summed E-state index contributed by atoms with van der Waals surface area (Å²) in [4.78, 5) is 17.1. The Morgan fingerprint density at radius 3 is 2.46 bits per heavy atom. The second-order valence-corrected chi connectivity index (χ2v) is 7.76. The lowest BCUT2D eigenvalue weighted by molar-refractivity contribution is 0.0952. The van der Waals surface area contributed by atoms with Gasteiger partial charge in [-0.1, -0.05) is 48.5 Å². The zero-order valence-electron chi connectivity index (χ0n) is 16.0. The molecule has 0 bridgehead atoms. The van der Waals surface area contributed by atoms with E-state index in [1.807, 2.05) is 18.2 Å². The summed E-state index contributed by atoms with van der Waals surface area (Å²) in [5.41, 5.74) is 3.31. The van der Waals surface area contributed by atoms with Crippen molar-refractivity contribution in [3.8, 4) is 0 Å². The van der Waals surface area contributed by atoms with Gasteiger partial charge in [0.15, 0.2) is 0 Å². The second kappa shape index (κ2) is 7.28. The zero-order valence-corrected chi connectivity index (χ0v) is 16.0. The number of amides is 1. The van der Waals surface area contributed by atoms with Crippen molar-refractivity contribution in [2.75, 3.05) is 37.6 Å². The molecule has 2 heterocycles. The molecule has 28 heavy (non-hydrogen) atoms. The molecule has 3 aromatic carbocycles. The minimum absolute atomic E-state index is 0.0710. The number of benzene rings is 3. The molecule has 4 heteroatoms. The Hall–Kier alpha value is -2.85. The molecule has 1 atom stereocenters. The summed E-state index contributed by atoms with van der Waals surface area (Å²) in [6.07, 6.45) is 0.971. The Labute approximate surface area is 165 Å². The highest BCUT2D eigenvalue weighted by Gasteiger charge is 2.28. The summed E-state index contributed by atoms with van der Waals surface area (Å²) in [5, 5.41) is 5.73. The van der Waals surface area contributed by atoms with E-state index in [4.69, 9.17) is 0 Å². The van der Waals surface area contributed by atoms with Crippen molar-refractivity contribution in [1.29, 1.82) is 0 Å². The Morgan fingerprint density at radius 2 is 1.61 bits per heavy atom. The van der Waals surface area contributed by atoms with E-state index in [0.717, 1.165) is 50.3 Å². The molecule has 0 radical (unpaired) electrons. The molecule has 1 N–H and O–H groups in total. The SMILES string of the molecule is O=C1NC(CCN2CCN(c3ccc4ccccc4c3)CC2)c2ccccc21. The molecule has 1 amide bonds. The molecule has 142 valence electrons. The Kier molecular flexibility index (Phi) is 4.49. The molecule has 0 aliphatic carbocycles. The lowest BCUT2D eigenvalue weighted by Crippen LogP contribution is -2.47. The van der Waals surface area contributed by atoms with Gasteiger partial charge in [-0.25, -0.2) is 0 Å². The average Bonchev–Trinajstić information content (AvgIpc) is 3.08. The van der Waals surface area contributed by atoms with Gasteiger partial charge in [0.25, 0.3) is 5.91 Å². The molecule has 1 unspecified atom stereocenters. The fourth-order valence-corrected chi connectivity index (χ4v) is 4.46. The highest BCUT2D eigenvalue weighted by atomic mass is 16.2. The Balaban J connectivity index is 1.18. The van der Waals surface area contributed by atoms with E-state index in [9.17, 15) is 4.79 Å². The van der Waals surface area contributed by atoms with E-state index in [-0.39, 0.29) is 11.9 Å². The highest BCUT2D eigenvalue weighted by molar-refractivity contribution is 5.99. The first kappa shape index (κ1) is 17.3. The zero-order chi connectivity index (χ0) is 18.9. The standard InChI is InChI=1S/C24H25N3O/c28-24-22-8-4-3-7-21(22)23(25-24)11-12-26-13-15-27(16-14-26)20-10-9-18-5-1-2-6-19(18)17-20/h1-10,17,23H,11-16H2,(H,25,28). The molecule has 4 nitrogen and oxygen atoms in total. The van der Waals surface area contributed by atoms with Crippen molar-refractivity contribution in [3.05, 3.63) is 77.9 Å². The normalized spacial score (nSPS) is 19.6. The molecule has 0 saturated carbocycles. The topological polar surface area (TPSA) is 35.6 Å². The number of fused-ring (bicyclic) bond motifs is 2. The number of carbonyl (C=O) groups is 1. The van der Waals surface area contributed by atoms with Gasteiger partial charge in [0, 0.05) is 44.0 Å². The Morgan fingerprint density at radius 1 is 0.857 bits per heavy atom. The van der Waals surface area contributed by atoms with Gasteiger partial charge in [-0.15, -0.1) is 0 Å². The van der Waals surface area contributed by atoms with Crippen molar-refractivity contribution in [2.45, 2.75) is 12.5 Å². The van der Waals surface area contributed by atoms with Crippen LogP contribution in [0.4, 0.5) is 5.69 Å². The van der Waals surface area contributed by atoms with Crippen molar-refractivity contribution >= 4 is 22.4 Å². The first-order chi connectivity index (χ1) is 13.8. The third kappa shape index (κ3) is 3.25. The van der Waals surface area contributed by atoms with E-state index < -0.39 is 0 Å². The lowest BCUT2D eigenvalue weighted by Gasteiger charge is -2.36. The van der Waals surface area contributed by atoms with E-state index in [1.54, 1.807) is 0 Å². The van der Waals surface area contributed by atoms with Crippen LogP contribution in [0.5, 0.6) is 0 Å². The minimum Gasteiger partial charge on any atom is -0.369 e. The number of carbonyl (C=O) groups excluding carboxylic acids is 1. The van der Waals surface area contributed by atoms with Gasteiger partial charge in [0.1, 0.15) is 0 Å². The van der Waals surface area contributed by atoms with Gasteiger partial charge in [-0.3, -0.25) is 9.69 Å². The molecule has 5 rings (SSSR count). The molecule has 0 aromatic heterocycles. The first-order valence-corrected chi connectivity index (χ1v) is 10.1. The second-order valence-electron chi connectivity index (χ2n) is 7.76. The van der Waals surface area contributed by atoms with Gasteiger partial charge in [-0.2, -0.15) is 0 Å². The number of piperazine rings is 1. The monoisotopic (exact) mass is 371 g/mol. The quantitative estimate of drug-likeness (QED) is 0.757. The van der Waals surface area contributed by atoms with Crippen molar-refractivity contribution in [2.24, 2.45) is 0 Å². The van der Waals surface area contributed by atoms with Crippen LogP contribution in [0.25, 0.3) is 10.8 Å². The molecule has 1 saturated heterocycles. The van der Waals surface area contributed by atoms with Crippen LogP contribution in [-0.4, -0.2) is 43.5 Å². The maximum absolute atomic E-state index is 12.1.